The van der Waals surface area contributed by atoms with Gasteiger partial charge in [0.25, 0.3) is 0 Å². The molecular formula is C5H9NO2. The maximum Gasteiger partial charge on any atom is 0.407 e. The van der Waals surface area contributed by atoms with Crippen LogP contribution in [0.1, 0.15) is 13.8 Å². The number of hydrogen-bond donors (Lipinski definition) is 1. The number of hydrogen-bond acceptors (Lipinski definition) is 2. The third-order valence-corrected chi connectivity index (χ3v) is 1.34. The topological polar surface area (TPSA) is 38.3 Å². The van der Waals surface area contributed by atoms with E-state index < -0.39 is 0 Å². The molecule has 2 atom stereocenters. The Kier molecular flexibility index (Phi) is 1.12. The van der Waals surface area contributed by atoms with Gasteiger partial charge in [-0.2, -0.15) is 0 Å². The molecule has 0 bridgehead atoms. The van der Waals surface area contributed by atoms with E-state index in [0.717, 1.165) is 0 Å². The highest BCUT2D eigenvalue weighted by atomic mass is 16.6. The van der Waals surface area contributed by atoms with Crippen LogP contribution in [0.4, 0.5) is 4.79 Å². The second-order valence-corrected chi connectivity index (χ2v) is 2.04. The molecule has 1 aliphatic heterocycles. The average Bonchev–Trinajstić information content (AvgIpc) is 1.85. The largest absolute Gasteiger partial charge is 0.444 e. The van der Waals surface area contributed by atoms with E-state index in [1.54, 1.807) is 0 Å². The number of carbonyl (C=O) groups excluding carboxylic acids is 1. The van der Waals surface area contributed by atoms with Gasteiger partial charge in [0.1, 0.15) is 6.10 Å². The van der Waals surface area contributed by atoms with E-state index in [9.17, 15) is 4.79 Å². The minimum absolute atomic E-state index is 0.0301. The molecular weight excluding hydrogens is 106 g/mol. The molecule has 8 heavy (non-hydrogen) atoms. The van der Waals surface area contributed by atoms with Crippen molar-refractivity contribution in [1.82, 2.24) is 5.32 Å². The van der Waals surface area contributed by atoms with Crippen LogP contribution in [0.15, 0.2) is 0 Å². The van der Waals surface area contributed by atoms with Crippen molar-refractivity contribution in [2.45, 2.75) is 26.0 Å². The molecule has 1 fully saturated rings. The highest BCUT2D eigenvalue weighted by Gasteiger charge is 2.25. The summed E-state index contributed by atoms with van der Waals surface area (Å²) in [5.41, 5.74) is 0. The van der Waals surface area contributed by atoms with Crippen LogP contribution in [0, 0.1) is 0 Å². The molecule has 0 aliphatic carbocycles. The van der Waals surface area contributed by atoms with Gasteiger partial charge in [0.2, 0.25) is 0 Å². The Labute approximate surface area is 48.0 Å². The van der Waals surface area contributed by atoms with E-state index in [0.29, 0.717) is 0 Å². The van der Waals surface area contributed by atoms with Gasteiger partial charge in [0.05, 0.1) is 6.04 Å². The lowest BCUT2D eigenvalue weighted by atomic mass is 10.2. The predicted octanol–water partition coefficient (Wildman–Crippen LogP) is 0.503. The fourth-order valence-electron chi connectivity index (χ4n) is 0.608. The van der Waals surface area contributed by atoms with Crippen molar-refractivity contribution < 1.29 is 9.53 Å². The van der Waals surface area contributed by atoms with Crippen LogP contribution >= 0.6 is 0 Å². The maximum absolute atomic E-state index is 10.3. The van der Waals surface area contributed by atoms with Gasteiger partial charge in [0.15, 0.2) is 0 Å². The van der Waals surface area contributed by atoms with E-state index >= 15 is 0 Å². The zero-order valence-electron chi connectivity index (χ0n) is 4.97. The van der Waals surface area contributed by atoms with E-state index in [2.05, 4.69) is 5.32 Å². The highest BCUT2D eigenvalue weighted by molar-refractivity contribution is 5.69. The van der Waals surface area contributed by atoms with E-state index in [1.807, 2.05) is 13.8 Å². The summed E-state index contributed by atoms with van der Waals surface area (Å²) in [5.74, 6) is 0. The molecule has 0 aromatic rings. The van der Waals surface area contributed by atoms with Crippen LogP contribution in [0.25, 0.3) is 0 Å². The van der Waals surface area contributed by atoms with E-state index in [1.165, 1.54) is 0 Å². The van der Waals surface area contributed by atoms with Gasteiger partial charge in [0, 0.05) is 0 Å². The summed E-state index contributed by atoms with van der Waals surface area (Å²) in [6.07, 6.45) is -0.271. The van der Waals surface area contributed by atoms with Gasteiger partial charge < -0.3 is 10.1 Å². The number of carbonyl (C=O) groups is 1. The van der Waals surface area contributed by atoms with Gasteiger partial charge in [-0.15, -0.1) is 0 Å². The van der Waals surface area contributed by atoms with Crippen LogP contribution < -0.4 is 5.32 Å². The Morgan fingerprint density at radius 3 is 2.38 bits per heavy atom. The number of nitrogens with one attached hydrogen (secondary N) is 1. The van der Waals surface area contributed by atoms with Crippen molar-refractivity contribution in [3.63, 3.8) is 0 Å². The van der Waals surface area contributed by atoms with Crippen LogP contribution in [0.2, 0.25) is 0 Å². The first-order valence-corrected chi connectivity index (χ1v) is 2.67. The molecule has 1 amide bonds. The number of rotatable bonds is 0. The standard InChI is InChI=1S/C5H9NO2/c1-3-4(2)8-5(7)6-3/h3-4H,1-2H3,(H,6,7)/t3-,4+/m1/s1. The third kappa shape index (κ3) is 0.757. The molecule has 0 unspecified atom stereocenters. The Bertz CT molecular complexity index is 101. The molecule has 0 aromatic heterocycles. The average molecular weight is 115 g/mol. The van der Waals surface area contributed by atoms with Gasteiger partial charge in [-0.25, -0.2) is 4.79 Å². The number of amides is 1. The molecule has 1 N–H and O–H groups in total. The van der Waals surface area contributed by atoms with Gasteiger partial charge in [-0.05, 0) is 13.8 Å². The fourth-order valence-corrected chi connectivity index (χ4v) is 0.608. The maximum atomic E-state index is 10.3. The van der Waals surface area contributed by atoms with Crippen molar-refractivity contribution in [1.29, 1.82) is 0 Å². The monoisotopic (exact) mass is 115 g/mol. The molecule has 1 rings (SSSR count). The number of alkyl carbamates (subject to hydrolysis) is 1. The predicted molar refractivity (Wildman–Crippen MR) is 28.5 cm³/mol. The normalized spacial score (nSPS) is 36.5. The molecule has 0 spiro atoms. The second-order valence-electron chi connectivity index (χ2n) is 2.04. The van der Waals surface area contributed by atoms with Crippen LogP contribution in [-0.4, -0.2) is 18.2 Å². The SMILES string of the molecule is C[C@@H]1OC(=O)N[C@@H]1C. The smallest absolute Gasteiger partial charge is 0.407 e. The number of cyclic esters (lactones) is 1. The Balaban J connectivity index is 2.51. The molecule has 3 heteroatoms. The quantitative estimate of drug-likeness (QED) is 0.499. The first-order valence-electron chi connectivity index (χ1n) is 2.67. The zero-order valence-corrected chi connectivity index (χ0v) is 4.97. The van der Waals surface area contributed by atoms with Gasteiger partial charge in [-0.1, -0.05) is 0 Å². The Hall–Kier alpha value is -0.730. The van der Waals surface area contributed by atoms with Crippen molar-refractivity contribution in [2.75, 3.05) is 0 Å². The molecule has 1 aliphatic rings. The molecule has 1 saturated heterocycles. The second kappa shape index (κ2) is 1.65. The zero-order chi connectivity index (χ0) is 6.15. The summed E-state index contributed by atoms with van der Waals surface area (Å²) < 4.78 is 4.72. The highest BCUT2D eigenvalue weighted by Crippen LogP contribution is 2.05. The number of ether oxygens (including phenoxy) is 1. The van der Waals surface area contributed by atoms with Gasteiger partial charge >= 0.3 is 6.09 Å². The Morgan fingerprint density at radius 1 is 1.62 bits per heavy atom. The lowest BCUT2D eigenvalue weighted by Gasteiger charge is -2.02. The summed E-state index contributed by atoms with van der Waals surface area (Å²) in [6.45, 7) is 3.78. The minimum Gasteiger partial charge on any atom is -0.444 e. The van der Waals surface area contributed by atoms with Crippen molar-refractivity contribution >= 4 is 6.09 Å². The summed E-state index contributed by atoms with van der Waals surface area (Å²) in [6, 6.07) is 0.169. The van der Waals surface area contributed by atoms with Crippen LogP contribution in [0.3, 0.4) is 0 Å². The van der Waals surface area contributed by atoms with E-state index in [-0.39, 0.29) is 18.2 Å². The van der Waals surface area contributed by atoms with Crippen LogP contribution in [-0.2, 0) is 4.74 Å². The molecule has 0 aromatic carbocycles. The molecule has 46 valence electrons. The fraction of sp³-hybridized carbons (Fsp3) is 0.800. The molecule has 0 radical (unpaired) electrons. The van der Waals surface area contributed by atoms with Crippen LogP contribution in [0.5, 0.6) is 0 Å². The summed E-state index contributed by atoms with van der Waals surface area (Å²) in [4.78, 5) is 10.3. The molecule has 3 nitrogen and oxygen atoms in total. The lowest BCUT2D eigenvalue weighted by Crippen LogP contribution is -2.25. The summed E-state index contributed by atoms with van der Waals surface area (Å²) >= 11 is 0. The molecule has 1 heterocycles. The first kappa shape index (κ1) is 5.41. The van der Waals surface area contributed by atoms with Crippen molar-refractivity contribution in [3.05, 3.63) is 0 Å². The lowest BCUT2D eigenvalue weighted by molar-refractivity contribution is 0.142. The van der Waals surface area contributed by atoms with Crippen molar-refractivity contribution in [3.8, 4) is 0 Å². The minimum atomic E-state index is -0.301. The van der Waals surface area contributed by atoms with Crippen molar-refractivity contribution in [2.24, 2.45) is 0 Å². The third-order valence-electron chi connectivity index (χ3n) is 1.34. The first-order chi connectivity index (χ1) is 3.70. The van der Waals surface area contributed by atoms with Gasteiger partial charge in [-0.3, -0.25) is 0 Å². The molecule has 0 saturated carbocycles. The summed E-state index contributed by atoms with van der Waals surface area (Å²) in [7, 11) is 0. The van der Waals surface area contributed by atoms with E-state index in [4.69, 9.17) is 4.74 Å². The summed E-state index contributed by atoms with van der Waals surface area (Å²) in [5, 5.41) is 2.61. The Morgan fingerprint density at radius 2 is 2.25 bits per heavy atom.